The van der Waals surface area contributed by atoms with E-state index in [1.54, 1.807) is 6.20 Å². The fourth-order valence-corrected chi connectivity index (χ4v) is 1.56. The molecule has 1 atom stereocenters. The fourth-order valence-electron chi connectivity index (χ4n) is 1.56. The third kappa shape index (κ3) is 1.16. The highest BCUT2D eigenvalue weighted by Crippen LogP contribution is 2.24. The van der Waals surface area contributed by atoms with E-state index in [1.807, 2.05) is 0 Å². The largest absolute Gasteiger partial charge is 0.396 e. The summed E-state index contributed by atoms with van der Waals surface area (Å²) in [6.07, 6.45) is 4.64. The minimum absolute atomic E-state index is 0.282. The molecule has 0 aliphatic heterocycles. The van der Waals surface area contributed by atoms with Crippen LogP contribution in [-0.2, 0) is 12.8 Å². The van der Waals surface area contributed by atoms with Crippen molar-refractivity contribution < 1.29 is 9.63 Å². The molecule has 0 saturated heterocycles. The van der Waals surface area contributed by atoms with Crippen molar-refractivity contribution in [2.24, 2.45) is 5.92 Å². The summed E-state index contributed by atoms with van der Waals surface area (Å²) in [6, 6.07) is 0. The summed E-state index contributed by atoms with van der Waals surface area (Å²) in [5.41, 5.74) is 1.18. The van der Waals surface area contributed by atoms with Crippen LogP contribution in [0.4, 0.5) is 0 Å². The second kappa shape index (κ2) is 2.66. The van der Waals surface area contributed by atoms with Gasteiger partial charge in [0, 0.05) is 18.6 Å². The fraction of sp³-hybridized carbons (Fsp3) is 0.625. The zero-order valence-electron chi connectivity index (χ0n) is 6.29. The Balaban J connectivity index is 2.18. The summed E-state index contributed by atoms with van der Waals surface area (Å²) in [6.45, 7) is 0.282. The van der Waals surface area contributed by atoms with Crippen molar-refractivity contribution in [2.45, 2.75) is 19.3 Å². The highest BCUT2D eigenvalue weighted by Gasteiger charge is 2.20. The van der Waals surface area contributed by atoms with E-state index < -0.39 is 0 Å². The number of hydrogen-bond acceptors (Lipinski definition) is 3. The van der Waals surface area contributed by atoms with E-state index >= 15 is 0 Å². The molecule has 0 radical (unpaired) electrons. The van der Waals surface area contributed by atoms with Crippen LogP contribution in [0.25, 0.3) is 0 Å². The monoisotopic (exact) mass is 153 g/mol. The molecule has 1 aliphatic carbocycles. The predicted molar refractivity (Wildman–Crippen MR) is 39.1 cm³/mol. The highest BCUT2D eigenvalue weighted by atomic mass is 16.5. The second-order valence-corrected chi connectivity index (χ2v) is 3.07. The average Bonchev–Trinajstić information content (AvgIpc) is 2.50. The maximum Gasteiger partial charge on any atom is 0.139 e. The van der Waals surface area contributed by atoms with Crippen LogP contribution in [0.5, 0.6) is 0 Å². The van der Waals surface area contributed by atoms with E-state index in [0.29, 0.717) is 5.92 Å². The van der Waals surface area contributed by atoms with Crippen molar-refractivity contribution in [3.63, 3.8) is 0 Å². The predicted octanol–water partition coefficient (Wildman–Crippen LogP) is 0.772. The molecule has 0 spiro atoms. The number of aliphatic hydroxyl groups excluding tert-OH is 1. The van der Waals surface area contributed by atoms with Crippen LogP contribution in [0.1, 0.15) is 17.7 Å². The smallest absolute Gasteiger partial charge is 0.139 e. The molecular formula is C8H11NO2. The molecule has 3 nitrogen and oxygen atoms in total. The first kappa shape index (κ1) is 6.85. The van der Waals surface area contributed by atoms with E-state index in [0.717, 1.165) is 25.0 Å². The van der Waals surface area contributed by atoms with Gasteiger partial charge in [-0.25, -0.2) is 0 Å². The Labute approximate surface area is 65.0 Å². The van der Waals surface area contributed by atoms with Gasteiger partial charge in [-0.3, -0.25) is 0 Å². The number of aryl methyl sites for hydroxylation is 1. The first-order valence-corrected chi connectivity index (χ1v) is 3.93. The van der Waals surface area contributed by atoms with E-state index in [2.05, 4.69) is 5.16 Å². The molecular weight excluding hydrogens is 142 g/mol. The molecule has 1 aromatic rings. The van der Waals surface area contributed by atoms with Crippen LogP contribution in [0.15, 0.2) is 10.7 Å². The summed E-state index contributed by atoms with van der Waals surface area (Å²) in [4.78, 5) is 0. The highest BCUT2D eigenvalue weighted by molar-refractivity contribution is 5.17. The Morgan fingerprint density at radius 3 is 3.45 bits per heavy atom. The van der Waals surface area contributed by atoms with Crippen molar-refractivity contribution in [2.75, 3.05) is 6.61 Å². The number of fused-ring (bicyclic) bond motifs is 1. The molecule has 1 heterocycles. The normalized spacial score (nSPS) is 23.2. The molecule has 1 N–H and O–H groups in total. The molecule has 0 amide bonds. The van der Waals surface area contributed by atoms with Gasteiger partial charge in [0.25, 0.3) is 0 Å². The molecule has 11 heavy (non-hydrogen) atoms. The summed E-state index contributed by atoms with van der Waals surface area (Å²) < 4.78 is 5.02. The summed E-state index contributed by atoms with van der Waals surface area (Å²) in [5, 5.41) is 12.6. The first-order valence-electron chi connectivity index (χ1n) is 3.93. The molecule has 2 rings (SSSR count). The Hall–Kier alpha value is -0.830. The van der Waals surface area contributed by atoms with Crippen LogP contribution >= 0.6 is 0 Å². The van der Waals surface area contributed by atoms with Crippen LogP contribution in [0, 0.1) is 5.92 Å². The number of hydrogen-bond donors (Lipinski definition) is 1. The van der Waals surface area contributed by atoms with Gasteiger partial charge in [-0.1, -0.05) is 5.16 Å². The van der Waals surface area contributed by atoms with Crippen molar-refractivity contribution in [3.05, 3.63) is 17.5 Å². The van der Waals surface area contributed by atoms with E-state index in [9.17, 15) is 0 Å². The Morgan fingerprint density at radius 1 is 1.73 bits per heavy atom. The van der Waals surface area contributed by atoms with Gasteiger partial charge in [-0.05, 0) is 18.8 Å². The van der Waals surface area contributed by atoms with Gasteiger partial charge in [0.1, 0.15) is 5.76 Å². The molecule has 60 valence electrons. The van der Waals surface area contributed by atoms with Crippen LogP contribution in [0.2, 0.25) is 0 Å². The zero-order chi connectivity index (χ0) is 7.68. The number of rotatable bonds is 1. The molecule has 3 heteroatoms. The molecule has 0 aromatic carbocycles. The van der Waals surface area contributed by atoms with Crippen LogP contribution < -0.4 is 0 Å². The summed E-state index contributed by atoms with van der Waals surface area (Å²) in [7, 11) is 0. The molecule has 1 aliphatic rings. The van der Waals surface area contributed by atoms with Crippen molar-refractivity contribution in [1.29, 1.82) is 0 Å². The molecule has 0 unspecified atom stereocenters. The molecule has 0 bridgehead atoms. The van der Waals surface area contributed by atoms with E-state index in [-0.39, 0.29) is 6.61 Å². The van der Waals surface area contributed by atoms with Crippen molar-refractivity contribution >= 4 is 0 Å². The standard InChI is InChI=1S/C8H11NO2/c10-5-6-1-2-8-7(3-6)4-9-11-8/h4,6,10H,1-3,5H2/t6-/m0/s1. The lowest BCUT2D eigenvalue weighted by atomic mass is 9.89. The van der Waals surface area contributed by atoms with Gasteiger partial charge in [0.15, 0.2) is 0 Å². The minimum atomic E-state index is 0.282. The third-order valence-electron chi connectivity index (χ3n) is 2.28. The summed E-state index contributed by atoms with van der Waals surface area (Å²) >= 11 is 0. The lowest BCUT2D eigenvalue weighted by molar-refractivity contribution is 0.208. The number of nitrogens with zero attached hydrogens (tertiary/aromatic N) is 1. The van der Waals surface area contributed by atoms with Crippen molar-refractivity contribution in [3.8, 4) is 0 Å². The topological polar surface area (TPSA) is 46.3 Å². The molecule has 0 fully saturated rings. The third-order valence-corrected chi connectivity index (χ3v) is 2.28. The van der Waals surface area contributed by atoms with Gasteiger partial charge in [0.2, 0.25) is 0 Å². The quantitative estimate of drug-likeness (QED) is 0.648. The van der Waals surface area contributed by atoms with E-state index in [1.165, 1.54) is 5.56 Å². The lowest BCUT2D eigenvalue weighted by Crippen LogP contribution is -2.15. The van der Waals surface area contributed by atoms with E-state index in [4.69, 9.17) is 9.63 Å². The zero-order valence-corrected chi connectivity index (χ0v) is 6.29. The number of aliphatic hydroxyl groups is 1. The Bertz CT molecular complexity index is 244. The van der Waals surface area contributed by atoms with Crippen molar-refractivity contribution in [1.82, 2.24) is 5.16 Å². The Kier molecular flexibility index (Phi) is 1.66. The SMILES string of the molecule is OC[C@H]1CCc2oncc2C1. The minimum Gasteiger partial charge on any atom is -0.396 e. The second-order valence-electron chi connectivity index (χ2n) is 3.07. The lowest BCUT2D eigenvalue weighted by Gasteiger charge is -2.17. The molecule has 1 aromatic heterocycles. The van der Waals surface area contributed by atoms with Crippen LogP contribution in [-0.4, -0.2) is 16.9 Å². The Morgan fingerprint density at radius 2 is 2.64 bits per heavy atom. The van der Waals surface area contributed by atoms with Gasteiger partial charge < -0.3 is 9.63 Å². The number of aromatic nitrogens is 1. The average molecular weight is 153 g/mol. The first-order chi connectivity index (χ1) is 5.40. The van der Waals surface area contributed by atoms with Gasteiger partial charge in [-0.15, -0.1) is 0 Å². The van der Waals surface area contributed by atoms with Gasteiger partial charge in [0.05, 0.1) is 6.20 Å². The maximum atomic E-state index is 8.90. The van der Waals surface area contributed by atoms with Gasteiger partial charge >= 0.3 is 0 Å². The maximum absolute atomic E-state index is 8.90. The molecule has 0 saturated carbocycles. The van der Waals surface area contributed by atoms with Crippen LogP contribution in [0.3, 0.4) is 0 Å². The summed E-state index contributed by atoms with van der Waals surface area (Å²) in [5.74, 6) is 1.43. The van der Waals surface area contributed by atoms with Gasteiger partial charge in [-0.2, -0.15) is 0 Å².